The van der Waals surface area contributed by atoms with Crippen molar-refractivity contribution >= 4 is 44.8 Å². The van der Waals surface area contributed by atoms with Gasteiger partial charge in [-0.15, -0.1) is 22.7 Å². The van der Waals surface area contributed by atoms with Crippen molar-refractivity contribution in [3.05, 3.63) is 70.2 Å². The molecule has 0 aliphatic rings. The average Bonchev–Trinajstić information content (AvgIpc) is 3.36. The molecule has 3 aromatic heterocycles. The zero-order valence-electron chi connectivity index (χ0n) is 12.5. The SMILES string of the molecule is N/C(=N\c1sc(-c2ccccc2)nc1-c1cccs1)c1cccs1. The van der Waals surface area contributed by atoms with Gasteiger partial charge in [0.25, 0.3) is 0 Å². The van der Waals surface area contributed by atoms with Gasteiger partial charge in [0.05, 0.1) is 9.75 Å². The Morgan fingerprint density at radius 1 is 0.917 bits per heavy atom. The van der Waals surface area contributed by atoms with Crippen molar-refractivity contribution in [1.82, 2.24) is 4.98 Å². The van der Waals surface area contributed by atoms with Gasteiger partial charge in [-0.3, -0.25) is 0 Å². The minimum atomic E-state index is 0.533. The minimum Gasteiger partial charge on any atom is -0.382 e. The molecule has 0 saturated carbocycles. The Labute approximate surface area is 151 Å². The third kappa shape index (κ3) is 3.03. The third-order valence-electron chi connectivity index (χ3n) is 3.38. The number of nitrogens with zero attached hydrogens (tertiary/aromatic N) is 2. The molecule has 0 saturated heterocycles. The van der Waals surface area contributed by atoms with Crippen LogP contribution in [-0.2, 0) is 0 Å². The van der Waals surface area contributed by atoms with Crippen LogP contribution in [0.2, 0.25) is 0 Å². The molecule has 4 aromatic rings. The molecular formula is C18H13N3S3. The molecule has 4 rings (SSSR count). The monoisotopic (exact) mass is 367 g/mol. The summed E-state index contributed by atoms with van der Waals surface area (Å²) in [7, 11) is 0. The van der Waals surface area contributed by atoms with E-state index >= 15 is 0 Å². The van der Waals surface area contributed by atoms with Gasteiger partial charge in [0.1, 0.15) is 21.5 Å². The Bertz CT molecular complexity index is 953. The first kappa shape index (κ1) is 15.3. The molecule has 0 bridgehead atoms. The van der Waals surface area contributed by atoms with Gasteiger partial charge in [-0.05, 0) is 22.9 Å². The number of aromatic nitrogens is 1. The smallest absolute Gasteiger partial charge is 0.147 e. The predicted octanol–water partition coefficient (Wildman–Crippen LogP) is 5.64. The molecule has 0 fully saturated rings. The van der Waals surface area contributed by atoms with Crippen molar-refractivity contribution in [3.63, 3.8) is 0 Å². The summed E-state index contributed by atoms with van der Waals surface area (Å²) in [6.07, 6.45) is 0. The number of amidine groups is 1. The van der Waals surface area contributed by atoms with Crippen molar-refractivity contribution in [1.29, 1.82) is 0 Å². The summed E-state index contributed by atoms with van der Waals surface area (Å²) >= 11 is 4.82. The van der Waals surface area contributed by atoms with E-state index in [0.29, 0.717) is 5.84 Å². The zero-order valence-corrected chi connectivity index (χ0v) is 15.0. The van der Waals surface area contributed by atoms with Crippen molar-refractivity contribution in [2.75, 3.05) is 0 Å². The summed E-state index contributed by atoms with van der Waals surface area (Å²) in [5.41, 5.74) is 8.17. The van der Waals surface area contributed by atoms with Gasteiger partial charge in [0, 0.05) is 5.56 Å². The fourth-order valence-electron chi connectivity index (χ4n) is 2.25. The number of benzene rings is 1. The molecular weight excluding hydrogens is 354 g/mol. The fourth-order valence-corrected chi connectivity index (χ4v) is 4.63. The molecule has 24 heavy (non-hydrogen) atoms. The second-order valence-electron chi connectivity index (χ2n) is 4.99. The maximum atomic E-state index is 6.18. The second-order valence-corrected chi connectivity index (χ2v) is 7.86. The van der Waals surface area contributed by atoms with Crippen LogP contribution in [0.5, 0.6) is 0 Å². The second kappa shape index (κ2) is 6.68. The molecule has 0 spiro atoms. The number of rotatable bonds is 4. The molecule has 0 unspecified atom stereocenters. The summed E-state index contributed by atoms with van der Waals surface area (Å²) in [5, 5.41) is 5.85. The van der Waals surface area contributed by atoms with Crippen molar-refractivity contribution in [2.24, 2.45) is 10.7 Å². The van der Waals surface area contributed by atoms with E-state index in [1.165, 1.54) is 0 Å². The van der Waals surface area contributed by atoms with E-state index in [2.05, 4.69) is 23.2 Å². The molecule has 3 heterocycles. The lowest BCUT2D eigenvalue weighted by Gasteiger charge is -1.97. The number of nitrogens with two attached hydrogens (primary N) is 1. The molecule has 0 radical (unpaired) electrons. The summed E-state index contributed by atoms with van der Waals surface area (Å²) in [6.45, 7) is 0. The number of thiazole rings is 1. The minimum absolute atomic E-state index is 0.533. The van der Waals surface area contributed by atoms with Crippen LogP contribution in [0, 0.1) is 0 Å². The van der Waals surface area contributed by atoms with Gasteiger partial charge < -0.3 is 5.73 Å². The zero-order chi connectivity index (χ0) is 16.4. The van der Waals surface area contributed by atoms with Gasteiger partial charge in [-0.2, -0.15) is 0 Å². The highest BCUT2D eigenvalue weighted by atomic mass is 32.1. The molecule has 3 nitrogen and oxygen atoms in total. The largest absolute Gasteiger partial charge is 0.382 e. The number of hydrogen-bond donors (Lipinski definition) is 1. The highest BCUT2D eigenvalue weighted by Gasteiger charge is 2.15. The Balaban J connectivity index is 1.83. The average molecular weight is 368 g/mol. The van der Waals surface area contributed by atoms with E-state index in [1.54, 1.807) is 34.0 Å². The standard InChI is InChI=1S/C18H13N3S3/c19-16(14-9-5-11-23-14)21-18-15(13-8-4-10-22-13)20-17(24-18)12-6-2-1-3-7-12/h1-11H,(H2,19,21). The summed E-state index contributed by atoms with van der Waals surface area (Å²) in [4.78, 5) is 11.6. The highest BCUT2D eigenvalue weighted by molar-refractivity contribution is 7.20. The molecule has 0 amide bonds. The quantitative estimate of drug-likeness (QED) is 0.375. The van der Waals surface area contributed by atoms with E-state index in [0.717, 1.165) is 31.0 Å². The molecule has 1 aromatic carbocycles. The van der Waals surface area contributed by atoms with E-state index < -0.39 is 0 Å². The van der Waals surface area contributed by atoms with Crippen LogP contribution in [0.4, 0.5) is 5.00 Å². The first-order chi connectivity index (χ1) is 11.8. The van der Waals surface area contributed by atoms with Gasteiger partial charge in [0.2, 0.25) is 0 Å². The van der Waals surface area contributed by atoms with Crippen LogP contribution >= 0.6 is 34.0 Å². The highest BCUT2D eigenvalue weighted by Crippen LogP contribution is 2.41. The number of aliphatic imine (C=N–C) groups is 1. The topological polar surface area (TPSA) is 51.3 Å². The molecule has 118 valence electrons. The van der Waals surface area contributed by atoms with Crippen LogP contribution in [0.3, 0.4) is 0 Å². The van der Waals surface area contributed by atoms with Crippen molar-refractivity contribution < 1.29 is 0 Å². The molecule has 0 aliphatic heterocycles. The first-order valence-corrected chi connectivity index (χ1v) is 9.87. The predicted molar refractivity (Wildman–Crippen MR) is 106 cm³/mol. The first-order valence-electron chi connectivity index (χ1n) is 7.29. The Morgan fingerprint density at radius 2 is 1.71 bits per heavy atom. The molecule has 0 atom stereocenters. The number of hydrogen-bond acceptors (Lipinski definition) is 5. The lowest BCUT2D eigenvalue weighted by atomic mass is 10.2. The van der Waals surface area contributed by atoms with Crippen LogP contribution in [0.1, 0.15) is 4.88 Å². The van der Waals surface area contributed by atoms with E-state index in [1.807, 2.05) is 47.2 Å². The Kier molecular flexibility index (Phi) is 4.25. The maximum absolute atomic E-state index is 6.18. The van der Waals surface area contributed by atoms with Crippen LogP contribution in [0.25, 0.3) is 21.1 Å². The fraction of sp³-hybridized carbons (Fsp3) is 0. The normalized spacial score (nSPS) is 11.8. The van der Waals surface area contributed by atoms with Crippen molar-refractivity contribution in [3.8, 4) is 21.1 Å². The van der Waals surface area contributed by atoms with E-state index in [4.69, 9.17) is 10.7 Å². The van der Waals surface area contributed by atoms with Crippen molar-refractivity contribution in [2.45, 2.75) is 0 Å². The van der Waals surface area contributed by atoms with Crippen LogP contribution < -0.4 is 5.73 Å². The molecule has 0 aliphatic carbocycles. The maximum Gasteiger partial charge on any atom is 0.147 e. The summed E-state index contributed by atoms with van der Waals surface area (Å²) < 4.78 is 0. The molecule has 2 N–H and O–H groups in total. The lowest BCUT2D eigenvalue weighted by Crippen LogP contribution is -2.10. The van der Waals surface area contributed by atoms with E-state index in [9.17, 15) is 0 Å². The Morgan fingerprint density at radius 3 is 2.42 bits per heavy atom. The summed E-state index contributed by atoms with van der Waals surface area (Å²) in [6, 6.07) is 18.2. The third-order valence-corrected chi connectivity index (χ3v) is 6.15. The lowest BCUT2D eigenvalue weighted by molar-refractivity contribution is 1.40. The van der Waals surface area contributed by atoms with E-state index in [-0.39, 0.29) is 0 Å². The van der Waals surface area contributed by atoms with Gasteiger partial charge in [-0.1, -0.05) is 53.8 Å². The molecule has 6 heteroatoms. The van der Waals surface area contributed by atoms with Gasteiger partial charge in [0.15, 0.2) is 0 Å². The van der Waals surface area contributed by atoms with Crippen LogP contribution in [-0.4, -0.2) is 10.8 Å². The van der Waals surface area contributed by atoms with Crippen LogP contribution in [0.15, 0.2) is 70.3 Å². The Hall–Kier alpha value is -2.28. The van der Waals surface area contributed by atoms with Gasteiger partial charge >= 0.3 is 0 Å². The van der Waals surface area contributed by atoms with Gasteiger partial charge in [-0.25, -0.2) is 9.98 Å². The summed E-state index contributed by atoms with van der Waals surface area (Å²) in [5.74, 6) is 0.533. The number of thiophene rings is 2.